The van der Waals surface area contributed by atoms with E-state index in [1.807, 2.05) is 0 Å². The number of quaternary nitrogens is 1. The van der Waals surface area contributed by atoms with Gasteiger partial charge in [0, 0.05) is 5.71 Å². The Kier molecular flexibility index (Phi) is 6.66. The van der Waals surface area contributed by atoms with E-state index in [2.05, 4.69) is 15.8 Å². The van der Waals surface area contributed by atoms with Gasteiger partial charge in [0.2, 0.25) is 0 Å². The van der Waals surface area contributed by atoms with Crippen LogP contribution in [0.15, 0.2) is 5.10 Å². The van der Waals surface area contributed by atoms with Crippen molar-refractivity contribution in [3.63, 3.8) is 0 Å². The summed E-state index contributed by atoms with van der Waals surface area (Å²) < 4.78 is 5.37. The third-order valence-electron chi connectivity index (χ3n) is 5.65. The highest BCUT2D eigenvalue weighted by atomic mass is 32.1. The van der Waals surface area contributed by atoms with Crippen molar-refractivity contribution >= 4 is 23.0 Å². The Morgan fingerprint density at radius 3 is 2.78 bits per heavy atom. The van der Waals surface area contributed by atoms with Crippen LogP contribution in [-0.2, 0) is 4.74 Å². The van der Waals surface area contributed by atoms with Gasteiger partial charge < -0.3 is 15.0 Å². The highest BCUT2D eigenvalue weighted by Crippen LogP contribution is 2.39. The maximum atomic E-state index is 5.37. The summed E-state index contributed by atoms with van der Waals surface area (Å²) in [5.74, 6) is 1.84. The molecule has 130 valence electrons. The molecule has 3 aliphatic rings. The minimum Gasteiger partial charge on any atom is -0.370 e. The lowest BCUT2D eigenvalue weighted by molar-refractivity contribution is -0.906. The van der Waals surface area contributed by atoms with Crippen LogP contribution < -0.4 is 15.6 Å². The van der Waals surface area contributed by atoms with Crippen molar-refractivity contribution in [3.8, 4) is 0 Å². The molecule has 1 aliphatic heterocycles. The zero-order valence-electron chi connectivity index (χ0n) is 14.1. The maximum Gasteiger partial charge on any atom is 0.187 e. The van der Waals surface area contributed by atoms with Crippen LogP contribution in [0.5, 0.6) is 0 Å². The average Bonchev–Trinajstić information content (AvgIpc) is 2.61. The molecule has 0 bridgehead atoms. The van der Waals surface area contributed by atoms with Crippen LogP contribution in [0.3, 0.4) is 0 Å². The van der Waals surface area contributed by atoms with Crippen LogP contribution in [0, 0.1) is 11.8 Å². The van der Waals surface area contributed by atoms with E-state index in [0.717, 1.165) is 57.6 Å². The van der Waals surface area contributed by atoms with Gasteiger partial charge in [-0.15, -0.1) is 0 Å². The smallest absolute Gasteiger partial charge is 0.187 e. The number of nitrogens with zero attached hydrogens (tertiary/aromatic N) is 1. The lowest BCUT2D eigenvalue weighted by Gasteiger charge is -2.35. The SMILES string of the molecule is S=C(NCC[NH+]1CCOCC1)N/N=C1/CC[C@@H]2CCCC[C@H]2C1. The number of morpholine rings is 1. The van der Waals surface area contributed by atoms with Gasteiger partial charge in [0.05, 0.1) is 26.3 Å². The first-order chi connectivity index (χ1) is 11.3. The summed E-state index contributed by atoms with van der Waals surface area (Å²) in [4.78, 5) is 1.59. The minimum absolute atomic E-state index is 0.663. The first-order valence-electron chi connectivity index (χ1n) is 9.32. The average molecular weight is 340 g/mol. The fraction of sp³-hybridized carbons (Fsp3) is 0.882. The van der Waals surface area contributed by atoms with Gasteiger partial charge in [-0.05, 0) is 49.7 Å². The molecular weight excluding hydrogens is 308 g/mol. The van der Waals surface area contributed by atoms with Crippen molar-refractivity contribution in [2.45, 2.75) is 44.9 Å². The molecule has 0 amide bonds. The summed E-state index contributed by atoms with van der Waals surface area (Å²) in [6.45, 7) is 5.96. The monoisotopic (exact) mass is 339 g/mol. The van der Waals surface area contributed by atoms with Crippen molar-refractivity contribution in [1.82, 2.24) is 10.7 Å². The molecule has 23 heavy (non-hydrogen) atoms. The Morgan fingerprint density at radius 2 is 1.96 bits per heavy atom. The van der Waals surface area contributed by atoms with Crippen LogP contribution >= 0.6 is 12.2 Å². The molecule has 1 saturated heterocycles. The number of rotatable bonds is 4. The van der Waals surface area contributed by atoms with Gasteiger partial charge in [0.15, 0.2) is 5.11 Å². The van der Waals surface area contributed by atoms with Crippen molar-refractivity contribution < 1.29 is 9.64 Å². The maximum absolute atomic E-state index is 5.37. The van der Waals surface area contributed by atoms with Gasteiger partial charge in [-0.1, -0.05) is 19.3 Å². The molecule has 2 atom stereocenters. The normalized spacial score (nSPS) is 30.7. The zero-order valence-corrected chi connectivity index (χ0v) is 14.9. The Morgan fingerprint density at radius 1 is 1.17 bits per heavy atom. The fourth-order valence-corrected chi connectivity index (χ4v) is 4.37. The molecule has 0 unspecified atom stereocenters. The van der Waals surface area contributed by atoms with E-state index in [1.165, 1.54) is 44.2 Å². The number of hydrazone groups is 1. The van der Waals surface area contributed by atoms with E-state index in [9.17, 15) is 0 Å². The molecular formula is C17H31N4OS+. The van der Waals surface area contributed by atoms with Gasteiger partial charge in [-0.3, -0.25) is 5.43 Å². The molecule has 2 aliphatic carbocycles. The van der Waals surface area contributed by atoms with Crippen LogP contribution in [-0.4, -0.2) is 50.2 Å². The molecule has 0 radical (unpaired) electrons. The molecule has 3 rings (SSSR count). The van der Waals surface area contributed by atoms with Crippen molar-refractivity contribution in [1.29, 1.82) is 0 Å². The third kappa shape index (κ3) is 5.40. The Bertz CT molecular complexity index is 423. The first-order valence-corrected chi connectivity index (χ1v) is 9.72. The predicted octanol–water partition coefficient (Wildman–Crippen LogP) is 0.712. The first kappa shape index (κ1) is 17.1. The van der Waals surface area contributed by atoms with Gasteiger partial charge >= 0.3 is 0 Å². The van der Waals surface area contributed by atoms with E-state index in [4.69, 9.17) is 17.0 Å². The second-order valence-corrected chi connectivity index (χ2v) is 7.61. The minimum atomic E-state index is 0.663. The standard InChI is InChI=1S/C17H30N4OS/c23-17(18-7-8-21-9-11-22-12-10-21)20-19-16-6-5-14-3-1-2-4-15(14)13-16/h14-15H,1-13H2,(H2,18,20,23)/p+1/b19-16-/t14-,15-/m0/s1. The Hall–Kier alpha value is -0.720. The number of ether oxygens (including phenoxy) is 1. The second-order valence-electron chi connectivity index (χ2n) is 7.21. The van der Waals surface area contributed by atoms with Gasteiger partial charge in [0.25, 0.3) is 0 Å². The van der Waals surface area contributed by atoms with Gasteiger partial charge in [-0.25, -0.2) is 0 Å². The quantitative estimate of drug-likeness (QED) is 0.522. The third-order valence-corrected chi connectivity index (χ3v) is 5.88. The van der Waals surface area contributed by atoms with E-state index in [1.54, 1.807) is 4.90 Å². The molecule has 6 heteroatoms. The van der Waals surface area contributed by atoms with E-state index in [-0.39, 0.29) is 0 Å². The van der Waals surface area contributed by atoms with E-state index >= 15 is 0 Å². The highest BCUT2D eigenvalue weighted by Gasteiger charge is 2.30. The summed E-state index contributed by atoms with van der Waals surface area (Å²) in [7, 11) is 0. The largest absolute Gasteiger partial charge is 0.370 e. The lowest BCUT2D eigenvalue weighted by atomic mass is 9.70. The summed E-state index contributed by atoms with van der Waals surface area (Å²) in [5, 5.41) is 8.52. The number of hydrogen-bond donors (Lipinski definition) is 3. The number of hydrogen-bond acceptors (Lipinski definition) is 3. The summed E-state index contributed by atoms with van der Waals surface area (Å²) >= 11 is 5.34. The molecule has 3 N–H and O–H groups in total. The Balaban J connectivity index is 1.33. The summed E-state index contributed by atoms with van der Waals surface area (Å²) in [6, 6.07) is 0. The number of thiocarbonyl (C=S) groups is 1. The van der Waals surface area contributed by atoms with Crippen LogP contribution in [0.4, 0.5) is 0 Å². The summed E-state index contributed by atoms with van der Waals surface area (Å²) in [6.07, 6.45) is 9.33. The molecule has 0 aromatic heterocycles. The molecule has 0 aromatic carbocycles. The van der Waals surface area contributed by atoms with Crippen LogP contribution in [0.1, 0.15) is 44.9 Å². The fourth-order valence-electron chi connectivity index (χ4n) is 4.22. The van der Waals surface area contributed by atoms with Gasteiger partial charge in [-0.2, -0.15) is 5.10 Å². The van der Waals surface area contributed by atoms with Crippen LogP contribution in [0.2, 0.25) is 0 Å². The number of nitrogens with one attached hydrogen (secondary N) is 3. The zero-order chi connectivity index (χ0) is 15.9. The molecule has 0 aromatic rings. The lowest BCUT2D eigenvalue weighted by Crippen LogP contribution is -3.14. The van der Waals surface area contributed by atoms with Crippen molar-refractivity contribution in [2.24, 2.45) is 16.9 Å². The van der Waals surface area contributed by atoms with E-state index < -0.39 is 0 Å². The number of fused-ring (bicyclic) bond motifs is 1. The Labute approximate surface area is 145 Å². The second kappa shape index (κ2) is 8.94. The summed E-state index contributed by atoms with van der Waals surface area (Å²) in [5.41, 5.74) is 4.38. The predicted molar refractivity (Wildman–Crippen MR) is 96.9 cm³/mol. The molecule has 3 fully saturated rings. The van der Waals surface area contributed by atoms with E-state index in [0.29, 0.717) is 5.11 Å². The van der Waals surface area contributed by atoms with Gasteiger partial charge in [0.1, 0.15) is 13.1 Å². The van der Waals surface area contributed by atoms with Crippen molar-refractivity contribution in [3.05, 3.63) is 0 Å². The highest BCUT2D eigenvalue weighted by molar-refractivity contribution is 7.80. The molecule has 0 spiro atoms. The molecule has 2 saturated carbocycles. The van der Waals surface area contributed by atoms with Crippen molar-refractivity contribution in [2.75, 3.05) is 39.4 Å². The molecule has 5 nitrogen and oxygen atoms in total. The molecule has 1 heterocycles. The van der Waals surface area contributed by atoms with Crippen LogP contribution in [0.25, 0.3) is 0 Å². The topological polar surface area (TPSA) is 50.1 Å².